The van der Waals surface area contributed by atoms with Gasteiger partial charge in [-0.2, -0.15) is 0 Å². The Kier molecular flexibility index (Phi) is 9.34. The summed E-state index contributed by atoms with van der Waals surface area (Å²) in [7, 11) is 0. The third-order valence-electron chi connectivity index (χ3n) is 8.41. The van der Waals surface area contributed by atoms with Crippen molar-refractivity contribution >= 4 is 29.4 Å². The second kappa shape index (κ2) is 12.6. The van der Waals surface area contributed by atoms with Crippen LogP contribution < -0.4 is 10.2 Å². The predicted octanol–water partition coefficient (Wildman–Crippen LogP) is 2.20. The molecule has 10 heteroatoms. The number of amides is 3. The topological polar surface area (TPSA) is 125 Å². The maximum atomic E-state index is 14.4. The molecule has 10 nitrogen and oxygen atoms in total. The largest absolute Gasteiger partial charge is 0.460 e. The van der Waals surface area contributed by atoms with E-state index in [0.717, 1.165) is 16.8 Å². The van der Waals surface area contributed by atoms with Gasteiger partial charge in [-0.3, -0.25) is 19.2 Å². The second-order valence-corrected chi connectivity index (χ2v) is 11.2. The van der Waals surface area contributed by atoms with E-state index in [0.29, 0.717) is 25.7 Å². The monoisotopic (exact) mass is 567 g/mol. The normalized spacial score (nSPS) is 26.8. The third kappa shape index (κ3) is 5.55. The Bertz CT molecular complexity index is 1200. The maximum Gasteiger partial charge on any atom is 0.312 e. The highest BCUT2D eigenvalue weighted by molar-refractivity contribution is 6.05. The van der Waals surface area contributed by atoms with Crippen molar-refractivity contribution in [1.82, 2.24) is 10.2 Å². The molecule has 4 rings (SSSR count). The van der Waals surface area contributed by atoms with Crippen molar-refractivity contribution in [3.63, 3.8) is 0 Å². The molecule has 3 aliphatic heterocycles. The zero-order valence-corrected chi connectivity index (χ0v) is 24.1. The van der Waals surface area contributed by atoms with Gasteiger partial charge in [-0.1, -0.05) is 30.4 Å². The van der Waals surface area contributed by atoms with Crippen molar-refractivity contribution in [2.45, 2.75) is 70.3 Å². The van der Waals surface area contributed by atoms with Crippen LogP contribution >= 0.6 is 0 Å². The van der Waals surface area contributed by atoms with Crippen LogP contribution in [0, 0.1) is 25.7 Å². The van der Waals surface area contributed by atoms with E-state index in [1.54, 1.807) is 24.0 Å². The minimum Gasteiger partial charge on any atom is -0.460 e. The SMILES string of the molecule is C=CCCC(=O)NC[C@H](C)OC(=O)[C@@H]1[C@H]2C(=O)N(CCO)[C@H](C(=O)N(CC=C)c3c(C)cccc3C)[C@]23CC[C@H]1O3. The smallest absolute Gasteiger partial charge is 0.312 e. The van der Waals surface area contributed by atoms with Gasteiger partial charge in [0.25, 0.3) is 5.91 Å². The van der Waals surface area contributed by atoms with Gasteiger partial charge in [0, 0.05) is 25.2 Å². The molecule has 0 aromatic heterocycles. The number of allylic oxidation sites excluding steroid dienone is 1. The van der Waals surface area contributed by atoms with Crippen molar-refractivity contribution in [2.75, 3.05) is 31.1 Å². The van der Waals surface area contributed by atoms with Crippen LogP contribution in [0.3, 0.4) is 0 Å². The van der Waals surface area contributed by atoms with Crippen LogP contribution in [0.25, 0.3) is 0 Å². The lowest BCUT2D eigenvalue weighted by molar-refractivity contribution is -0.159. The lowest BCUT2D eigenvalue weighted by atomic mass is 9.70. The van der Waals surface area contributed by atoms with E-state index in [1.165, 1.54) is 4.90 Å². The summed E-state index contributed by atoms with van der Waals surface area (Å²) in [5, 5.41) is 12.6. The number of hydrogen-bond acceptors (Lipinski definition) is 7. The Morgan fingerprint density at radius 3 is 2.61 bits per heavy atom. The number of carbonyl (C=O) groups excluding carboxylic acids is 4. The van der Waals surface area contributed by atoms with Gasteiger partial charge in [-0.15, -0.1) is 13.2 Å². The van der Waals surface area contributed by atoms with Gasteiger partial charge in [0.15, 0.2) is 0 Å². The highest BCUT2D eigenvalue weighted by atomic mass is 16.6. The number of aliphatic hydroxyl groups is 1. The van der Waals surface area contributed by atoms with E-state index in [-0.39, 0.29) is 38.1 Å². The molecule has 1 aromatic rings. The molecule has 3 fully saturated rings. The Balaban J connectivity index is 1.61. The van der Waals surface area contributed by atoms with Crippen molar-refractivity contribution in [1.29, 1.82) is 0 Å². The number of β-amino-alcohol motifs (C(OH)–C–C–N with tert-alkyl or cyclic N) is 1. The first-order valence-corrected chi connectivity index (χ1v) is 14.3. The Hall–Kier alpha value is -3.50. The minimum atomic E-state index is -1.21. The molecule has 3 heterocycles. The molecule has 1 spiro atoms. The quantitative estimate of drug-likeness (QED) is 0.277. The van der Waals surface area contributed by atoms with Crippen LogP contribution in [0.1, 0.15) is 43.7 Å². The zero-order valence-electron chi connectivity index (χ0n) is 24.1. The summed E-state index contributed by atoms with van der Waals surface area (Å²) < 4.78 is 12.1. The molecule has 41 heavy (non-hydrogen) atoms. The van der Waals surface area contributed by atoms with Gasteiger partial charge in [0.1, 0.15) is 17.7 Å². The van der Waals surface area contributed by atoms with Crippen LogP contribution in [0.15, 0.2) is 43.5 Å². The number of likely N-dealkylation sites (tertiary alicyclic amines) is 1. The van der Waals surface area contributed by atoms with Crippen LogP contribution in [0.5, 0.6) is 0 Å². The molecule has 1 aromatic carbocycles. The average molecular weight is 568 g/mol. The summed E-state index contributed by atoms with van der Waals surface area (Å²) in [6.45, 7) is 12.9. The number of rotatable bonds is 13. The lowest BCUT2D eigenvalue weighted by Gasteiger charge is -2.37. The molecular formula is C31H41N3O7. The third-order valence-corrected chi connectivity index (χ3v) is 8.41. The number of benzene rings is 1. The molecule has 222 valence electrons. The maximum absolute atomic E-state index is 14.4. The molecule has 0 saturated carbocycles. The fourth-order valence-corrected chi connectivity index (χ4v) is 6.75. The summed E-state index contributed by atoms with van der Waals surface area (Å²) in [6.07, 6.45) is 3.87. The molecule has 0 aliphatic carbocycles. The standard InChI is InChI=1S/C31H41N3O7/c1-6-8-12-23(36)32-18-21(5)40-30(39)24-22-13-14-31(41-22)25(24)28(37)34(16-17-35)27(31)29(38)33(15-7-2)26-19(3)10-9-11-20(26)4/h6-7,9-11,21-22,24-25,27,35H,1-2,8,12-18H2,3-5H3,(H,32,36)/t21-,22+,24-,25-,27+,31-/m0/s1. The summed E-state index contributed by atoms with van der Waals surface area (Å²) in [4.78, 5) is 56.8. The number of aliphatic hydroxyl groups excluding tert-OH is 1. The predicted molar refractivity (Wildman–Crippen MR) is 153 cm³/mol. The van der Waals surface area contributed by atoms with E-state index in [4.69, 9.17) is 9.47 Å². The van der Waals surface area contributed by atoms with Gasteiger partial charge >= 0.3 is 5.97 Å². The Morgan fingerprint density at radius 2 is 1.98 bits per heavy atom. The lowest BCUT2D eigenvalue weighted by Crippen LogP contribution is -2.57. The minimum absolute atomic E-state index is 0.0644. The molecule has 3 aliphatic rings. The molecule has 2 bridgehead atoms. The Labute approximate surface area is 241 Å². The highest BCUT2D eigenvalue weighted by Gasteiger charge is 2.75. The summed E-state index contributed by atoms with van der Waals surface area (Å²) in [6, 6.07) is 4.74. The molecule has 0 radical (unpaired) electrons. The number of nitrogens with zero attached hydrogens (tertiary/aromatic N) is 2. The molecule has 0 unspecified atom stereocenters. The number of carbonyl (C=O) groups is 4. The van der Waals surface area contributed by atoms with Crippen molar-refractivity contribution in [2.24, 2.45) is 11.8 Å². The van der Waals surface area contributed by atoms with E-state index in [9.17, 15) is 24.3 Å². The number of esters is 1. The number of ether oxygens (including phenoxy) is 2. The van der Waals surface area contributed by atoms with E-state index in [1.807, 2.05) is 32.0 Å². The fraction of sp³-hybridized carbons (Fsp3) is 0.548. The van der Waals surface area contributed by atoms with E-state index >= 15 is 0 Å². The molecule has 3 saturated heterocycles. The molecule has 3 amide bonds. The average Bonchev–Trinajstić information content (AvgIpc) is 3.57. The first kappa shape index (κ1) is 30.5. The van der Waals surface area contributed by atoms with Gasteiger partial charge in [0.05, 0.1) is 31.1 Å². The van der Waals surface area contributed by atoms with Crippen molar-refractivity contribution in [3.8, 4) is 0 Å². The highest BCUT2D eigenvalue weighted by Crippen LogP contribution is 2.59. The fourth-order valence-electron chi connectivity index (χ4n) is 6.75. The second-order valence-electron chi connectivity index (χ2n) is 11.2. The van der Waals surface area contributed by atoms with Crippen molar-refractivity contribution in [3.05, 3.63) is 54.6 Å². The van der Waals surface area contributed by atoms with E-state index in [2.05, 4.69) is 18.5 Å². The summed E-state index contributed by atoms with van der Waals surface area (Å²) in [5.74, 6) is -3.29. The van der Waals surface area contributed by atoms with Crippen LogP contribution in [-0.2, 0) is 28.7 Å². The number of para-hydroxylation sites is 1. The van der Waals surface area contributed by atoms with Gasteiger partial charge in [-0.05, 0) is 51.2 Å². The number of aryl methyl sites for hydroxylation is 2. The number of nitrogens with one attached hydrogen (secondary N) is 1. The number of anilines is 1. The zero-order chi connectivity index (χ0) is 29.9. The van der Waals surface area contributed by atoms with E-state index < -0.39 is 47.6 Å². The van der Waals surface area contributed by atoms with Crippen molar-refractivity contribution < 1.29 is 33.8 Å². The van der Waals surface area contributed by atoms with Crippen LogP contribution in [-0.4, -0.2) is 83.8 Å². The Morgan fingerprint density at radius 1 is 1.27 bits per heavy atom. The first-order valence-electron chi connectivity index (χ1n) is 14.3. The van der Waals surface area contributed by atoms with Gasteiger partial charge < -0.3 is 29.7 Å². The first-order chi connectivity index (χ1) is 19.6. The molecule has 6 atom stereocenters. The number of hydrogen-bond donors (Lipinski definition) is 2. The molecular weight excluding hydrogens is 526 g/mol. The summed E-state index contributed by atoms with van der Waals surface area (Å²) >= 11 is 0. The van der Waals surface area contributed by atoms with Gasteiger partial charge in [0.2, 0.25) is 11.8 Å². The van der Waals surface area contributed by atoms with Crippen LogP contribution in [0.2, 0.25) is 0 Å². The summed E-state index contributed by atoms with van der Waals surface area (Å²) in [5.41, 5.74) is 1.32. The van der Waals surface area contributed by atoms with Crippen LogP contribution in [0.4, 0.5) is 5.69 Å². The molecule has 2 N–H and O–H groups in total. The van der Waals surface area contributed by atoms with Gasteiger partial charge in [-0.25, -0.2) is 0 Å². The number of fused-ring (bicyclic) bond motifs is 1.